The van der Waals surface area contributed by atoms with Gasteiger partial charge in [0.1, 0.15) is 19.0 Å². The number of methoxy groups -OCH3 is 1. The van der Waals surface area contributed by atoms with Gasteiger partial charge in [-0.1, -0.05) is 66.2 Å². The van der Waals surface area contributed by atoms with Gasteiger partial charge in [0.2, 0.25) is 50.1 Å². The molecule has 6 aliphatic heterocycles. The number of rotatable bonds is 21. The lowest BCUT2D eigenvalue weighted by Gasteiger charge is -2.31. The van der Waals surface area contributed by atoms with Crippen LogP contribution < -0.4 is 40.8 Å². The van der Waals surface area contributed by atoms with Crippen molar-refractivity contribution >= 4 is 144 Å². The van der Waals surface area contributed by atoms with E-state index in [0.717, 1.165) is 201 Å². The van der Waals surface area contributed by atoms with Crippen molar-refractivity contribution in [1.82, 2.24) is 46.4 Å². The van der Waals surface area contributed by atoms with Crippen LogP contribution >= 0.6 is 11.6 Å². The van der Waals surface area contributed by atoms with Gasteiger partial charge in [-0.25, -0.2) is 72.4 Å². The Hall–Kier alpha value is -13.2. The fourth-order valence-electron chi connectivity index (χ4n) is 19.6. The molecule has 11 heterocycles. The van der Waals surface area contributed by atoms with Crippen molar-refractivity contribution in [3.8, 4) is 79.0 Å². The van der Waals surface area contributed by atoms with E-state index in [0.29, 0.717) is 108 Å². The molecule has 0 bridgehead atoms. The molecule has 0 radical (unpaired) electrons. The van der Waals surface area contributed by atoms with E-state index < -0.39 is 55.9 Å². The minimum Gasteiger partial charge on any atom is -0.494 e. The Kier molecular flexibility index (Phi) is 33.0. The molecule has 15 aromatic rings. The van der Waals surface area contributed by atoms with Gasteiger partial charge in [0, 0.05) is 224 Å². The first-order valence-corrected chi connectivity index (χ1v) is 58.3. The largest absolute Gasteiger partial charge is 0.494 e. The zero-order valence-corrected chi connectivity index (χ0v) is 87.4. The molecular formula is C110H117ClF2N16O13S5. The highest BCUT2D eigenvalue weighted by Crippen LogP contribution is 2.43. The molecule has 0 spiro atoms. The molecule has 10 aromatic carbocycles. The number of ether oxygens (including phenoxy) is 3. The van der Waals surface area contributed by atoms with Crippen molar-refractivity contribution in [2.24, 2.45) is 0 Å². The highest BCUT2D eigenvalue weighted by atomic mass is 35.5. The van der Waals surface area contributed by atoms with Crippen molar-refractivity contribution in [2.45, 2.75) is 101 Å². The number of sulfonamides is 5. The molecule has 0 amide bonds. The normalized spacial score (nSPS) is 16.4. The molecule has 0 atom stereocenters. The summed E-state index contributed by atoms with van der Waals surface area (Å²) in [7, 11) is -14.3. The fraction of sp³-hybridized carbons (Fsp3) is 0.309. The van der Waals surface area contributed by atoms with Crippen LogP contribution in [0.4, 0.5) is 37.2 Å². The lowest BCUT2D eigenvalue weighted by Crippen LogP contribution is -2.41. The van der Waals surface area contributed by atoms with Gasteiger partial charge >= 0.3 is 0 Å². The van der Waals surface area contributed by atoms with Gasteiger partial charge in [0.15, 0.2) is 23.1 Å². The number of fused-ring (bicyclic) bond motifs is 6. The van der Waals surface area contributed by atoms with Crippen molar-refractivity contribution < 1.29 is 65.1 Å². The zero-order valence-electron chi connectivity index (χ0n) is 82.6. The number of nitrogens with zero attached hydrogens (tertiary/aromatic N) is 11. The van der Waals surface area contributed by atoms with Crippen LogP contribution in [0.1, 0.15) is 75.3 Å². The molecule has 0 aliphatic carbocycles. The second kappa shape index (κ2) is 46.1. The maximum absolute atomic E-state index is 14.9. The Labute approximate surface area is 862 Å². The third-order valence-corrected chi connectivity index (χ3v) is 34.3. The first kappa shape index (κ1) is 105. The molecule has 0 saturated carbocycles. The number of pyridine rings is 5. The molecule has 6 aliphatic rings. The van der Waals surface area contributed by atoms with Gasteiger partial charge in [-0.05, 0) is 293 Å². The van der Waals surface area contributed by atoms with Gasteiger partial charge in [0.25, 0.3) is 0 Å². The Balaban J connectivity index is 0.000000126. The van der Waals surface area contributed by atoms with Gasteiger partial charge in [-0.3, -0.25) is 24.9 Å². The standard InChI is InChI=1S/C23H24N4O2S.C23H25N3O4S.C22H24FN3O3S.C21H22ClN3O2S.C21H22FN3O2S/c1-16-11-17(3-4-19(16)14-24)20-12-18-5-8-25-15-22(18)23(13-20)26-21-6-9-27(10-7-21)30(2,28)29;1-31(27,28)26-8-5-19(6-9-26)25-21-13-18(12-17-4-7-24-15-20(17)21)16-2-3-22-23(14-16)30-11-10-29-22;1-29-21-5-3-4-18(22(21)23)16-12-15-6-9-24-14-19(15)20(13-16)25-17-7-10-26(11-8-17)30(2,27)28;2*1-28(26,27)25-9-6-19(7-10-25)24-21-13-17(15-3-2-4-18(22)12-15)11-16-5-8-23-14-20(16)21/h3-5,8,11-13,15,21,26H,6-7,9-10H2,1-2H3;2-4,7,12-15,19,25H,5-6,8-11H2,1H3;3-6,9,12-14,17,25H,7-8,10-11H2,1-2H3;2*2-5,8,11-14,19,24H,6-7,9-10H2,1H3. The second-order valence-electron chi connectivity index (χ2n) is 37.8. The number of benzene rings is 10. The molecule has 5 aromatic heterocycles. The first-order valence-electron chi connectivity index (χ1n) is 48.7. The van der Waals surface area contributed by atoms with Crippen LogP contribution in [0.15, 0.2) is 256 Å². The summed E-state index contributed by atoms with van der Waals surface area (Å²) in [4.78, 5) is 21.3. The number of nitriles is 1. The highest BCUT2D eigenvalue weighted by Gasteiger charge is 2.33. The summed E-state index contributed by atoms with van der Waals surface area (Å²) in [6.45, 7) is 8.27. The van der Waals surface area contributed by atoms with Crippen LogP contribution in [0.5, 0.6) is 17.2 Å². The second-order valence-corrected chi connectivity index (χ2v) is 48.2. The Morgan fingerprint density at radius 1 is 0.347 bits per heavy atom. The number of hydrogen-bond acceptors (Lipinski definition) is 24. The van der Waals surface area contributed by atoms with Crippen LogP contribution in [-0.2, 0) is 50.1 Å². The Bertz CT molecular complexity index is 7850. The predicted octanol–water partition coefficient (Wildman–Crippen LogP) is 19.6. The van der Waals surface area contributed by atoms with Gasteiger partial charge in [0.05, 0.1) is 50.0 Å². The fourth-order valence-corrected chi connectivity index (χ4v) is 24.2. The Morgan fingerprint density at radius 2 is 0.646 bits per heavy atom. The lowest BCUT2D eigenvalue weighted by molar-refractivity contribution is 0.171. The van der Waals surface area contributed by atoms with Crippen LogP contribution in [0.3, 0.4) is 0 Å². The van der Waals surface area contributed by atoms with Crippen molar-refractivity contribution in [2.75, 3.05) is 144 Å². The van der Waals surface area contributed by atoms with E-state index in [9.17, 15) is 56.1 Å². The monoisotopic (exact) mass is 2100 g/mol. The maximum atomic E-state index is 14.9. The molecule has 5 fully saturated rings. The van der Waals surface area contributed by atoms with E-state index in [-0.39, 0.29) is 41.8 Å². The zero-order chi connectivity index (χ0) is 103. The van der Waals surface area contributed by atoms with Crippen molar-refractivity contribution in [1.29, 1.82) is 5.26 Å². The molecule has 147 heavy (non-hydrogen) atoms. The summed E-state index contributed by atoms with van der Waals surface area (Å²) >= 11 is 6.18. The third kappa shape index (κ3) is 26.5. The van der Waals surface area contributed by atoms with Gasteiger partial charge in [-0.2, -0.15) is 5.26 Å². The Morgan fingerprint density at radius 3 is 0.966 bits per heavy atom. The van der Waals surface area contributed by atoms with E-state index in [1.54, 1.807) is 74.4 Å². The molecule has 29 nitrogen and oxygen atoms in total. The van der Waals surface area contributed by atoms with E-state index in [1.165, 1.54) is 59.1 Å². The highest BCUT2D eigenvalue weighted by molar-refractivity contribution is 7.89. The van der Waals surface area contributed by atoms with Crippen LogP contribution in [-0.4, -0.2) is 236 Å². The van der Waals surface area contributed by atoms with Gasteiger partial charge in [-0.15, -0.1) is 0 Å². The summed E-state index contributed by atoms with van der Waals surface area (Å²) in [6, 6.07) is 65.0. The number of hydrogen-bond donors (Lipinski definition) is 5. The van der Waals surface area contributed by atoms with E-state index >= 15 is 0 Å². The maximum Gasteiger partial charge on any atom is 0.211 e. The van der Waals surface area contributed by atoms with E-state index in [4.69, 9.17) is 25.8 Å². The molecule has 0 unspecified atom stereocenters. The van der Waals surface area contributed by atoms with E-state index in [1.807, 2.05) is 153 Å². The van der Waals surface area contributed by atoms with Crippen LogP contribution in [0, 0.1) is 29.9 Å². The van der Waals surface area contributed by atoms with Gasteiger partial charge < -0.3 is 40.8 Å². The van der Waals surface area contributed by atoms with Crippen LogP contribution in [0.2, 0.25) is 5.02 Å². The SMILES string of the molecule is COc1cccc(-c2cc(NC3CCN(S(C)(=O)=O)CC3)c3cnccc3c2)c1F.CS(=O)(=O)N1CCC(Nc2cc(-c3ccc4c(c3)OCCO4)cc3ccncc23)CC1.CS(=O)(=O)N1CCC(Nc2cc(-c3cccc(Cl)c3)cc3ccncc23)CC1.CS(=O)(=O)N1CCC(Nc2cc(-c3cccc(F)c3)cc3ccncc23)CC1.Cc1cc(-c2cc(NC3CCN(S(C)(=O)=O)CC3)c3cnccc3c2)ccc1C#N. The molecule has 5 N–H and O–H groups in total. The first-order chi connectivity index (χ1) is 70.5. The lowest BCUT2D eigenvalue weighted by atomic mass is 9.97. The predicted molar refractivity (Wildman–Crippen MR) is 583 cm³/mol. The van der Waals surface area contributed by atoms with E-state index in [2.05, 4.69) is 94.0 Å². The topological polar surface area (TPSA) is 363 Å². The average molecular weight is 2110 g/mol. The smallest absolute Gasteiger partial charge is 0.211 e. The van der Waals surface area contributed by atoms with Crippen LogP contribution in [0.25, 0.3) is 109 Å². The summed E-state index contributed by atoms with van der Waals surface area (Å²) in [6.07, 6.45) is 31.8. The van der Waals surface area contributed by atoms with Crippen molar-refractivity contribution in [3.63, 3.8) is 0 Å². The average Bonchev–Trinajstić information content (AvgIpc) is 0.793. The number of anilines is 5. The number of halogens is 3. The molecule has 766 valence electrons. The summed E-state index contributed by atoms with van der Waals surface area (Å²) in [5.74, 6) is 1.07. The number of aromatic nitrogens is 5. The molecule has 37 heteroatoms. The summed E-state index contributed by atoms with van der Waals surface area (Å²) in [5.41, 5.74) is 15.8. The molecular weight excluding hydrogens is 1990 g/mol. The number of aryl methyl sites for hydroxylation is 1. The summed E-state index contributed by atoms with van der Waals surface area (Å²) in [5, 5.41) is 38.2. The quantitative estimate of drug-likeness (QED) is 0.0446. The minimum atomic E-state index is -3.17. The number of piperidine rings is 5. The molecule has 5 saturated heterocycles. The van der Waals surface area contributed by atoms with Crippen molar-refractivity contribution in [3.05, 3.63) is 284 Å². The number of nitrogens with one attached hydrogen (secondary N) is 5. The molecule has 21 rings (SSSR count). The third-order valence-electron chi connectivity index (χ3n) is 27.6. The minimum absolute atomic E-state index is 0.122. The summed E-state index contributed by atoms with van der Waals surface area (Å²) < 4.78 is 170.